The SMILES string of the molecule is C[C@@H]1C[C@H]2O[C@]3(C[C@@]4(C)[C@@H]5[C@H](O)C[C@@H]6C(C)(C)[C@H](O[C@@H]7OC[C@H](O)[C@H](O)[C@@H]7O)CC[C@]67C[C@]57CC[C@]4(C)[C@@H]13)O[C@H]2C(C)(C)O. The maximum Gasteiger partial charge on any atom is 0.186 e. The van der Waals surface area contributed by atoms with E-state index in [4.69, 9.17) is 18.9 Å². The van der Waals surface area contributed by atoms with Gasteiger partial charge in [-0.15, -0.1) is 0 Å². The summed E-state index contributed by atoms with van der Waals surface area (Å²) < 4.78 is 25.9. The van der Waals surface area contributed by atoms with Crippen LogP contribution in [-0.2, 0) is 18.9 Å². The zero-order valence-electron chi connectivity index (χ0n) is 27.7. The number of fused-ring (bicyclic) bond motifs is 4. The second kappa shape index (κ2) is 9.00. The third-order valence-electron chi connectivity index (χ3n) is 15.7. The number of ether oxygens (including phenoxy) is 4. The molecule has 250 valence electrons. The van der Waals surface area contributed by atoms with E-state index in [0.717, 1.165) is 44.9 Å². The van der Waals surface area contributed by atoms with Gasteiger partial charge in [0.1, 0.15) is 24.4 Å². The second-order valence-corrected chi connectivity index (χ2v) is 18.4. The Kier molecular flexibility index (Phi) is 6.33. The zero-order chi connectivity index (χ0) is 31.6. The van der Waals surface area contributed by atoms with Crippen LogP contribution in [0.2, 0.25) is 0 Å². The first-order chi connectivity index (χ1) is 20.4. The predicted molar refractivity (Wildman–Crippen MR) is 159 cm³/mol. The second-order valence-electron chi connectivity index (χ2n) is 18.4. The predicted octanol–water partition coefficient (Wildman–Crippen LogP) is 3.12. The van der Waals surface area contributed by atoms with E-state index in [1.165, 1.54) is 0 Å². The van der Waals surface area contributed by atoms with Gasteiger partial charge in [-0.25, -0.2) is 0 Å². The molecule has 0 unspecified atom stereocenters. The maximum atomic E-state index is 12.4. The third-order valence-corrected chi connectivity index (χ3v) is 15.7. The third kappa shape index (κ3) is 3.53. The lowest BCUT2D eigenvalue weighted by atomic mass is 9.41. The Hall–Kier alpha value is -0.360. The van der Waals surface area contributed by atoms with Gasteiger partial charge in [-0.3, -0.25) is 0 Å². The molecular weight excluding hydrogens is 564 g/mol. The van der Waals surface area contributed by atoms with E-state index in [1.807, 2.05) is 13.8 Å². The molecule has 8 aliphatic rings. The maximum absolute atomic E-state index is 12.4. The molecule has 0 aromatic heterocycles. The molecule has 3 spiro atoms. The lowest BCUT2D eigenvalue weighted by Gasteiger charge is -2.64. The van der Waals surface area contributed by atoms with Gasteiger partial charge in [0.15, 0.2) is 12.1 Å². The molecule has 5 saturated carbocycles. The molecule has 3 aliphatic heterocycles. The average Bonchev–Trinajstić information content (AvgIpc) is 3.38. The molecule has 17 atom stereocenters. The van der Waals surface area contributed by atoms with Crippen molar-refractivity contribution < 1.29 is 44.5 Å². The summed E-state index contributed by atoms with van der Waals surface area (Å²) in [5.74, 6) is 0.319. The molecule has 5 aliphatic carbocycles. The van der Waals surface area contributed by atoms with E-state index in [9.17, 15) is 25.5 Å². The van der Waals surface area contributed by atoms with Crippen LogP contribution in [0.4, 0.5) is 0 Å². The molecule has 0 aromatic carbocycles. The van der Waals surface area contributed by atoms with Gasteiger partial charge in [-0.1, -0.05) is 34.6 Å². The number of hydrogen-bond donors (Lipinski definition) is 5. The Morgan fingerprint density at radius 1 is 0.795 bits per heavy atom. The Morgan fingerprint density at radius 2 is 1.52 bits per heavy atom. The van der Waals surface area contributed by atoms with Gasteiger partial charge in [0.25, 0.3) is 0 Å². The van der Waals surface area contributed by atoms with E-state index in [-0.39, 0.29) is 69.7 Å². The molecule has 0 amide bonds. The molecule has 9 heteroatoms. The largest absolute Gasteiger partial charge is 0.393 e. The fourth-order valence-electron chi connectivity index (χ4n) is 14.0. The fraction of sp³-hybridized carbons (Fsp3) is 1.00. The Labute approximate surface area is 262 Å². The van der Waals surface area contributed by atoms with Crippen LogP contribution in [-0.4, -0.2) is 92.5 Å². The molecule has 0 aromatic rings. The van der Waals surface area contributed by atoms with Crippen molar-refractivity contribution in [3.05, 3.63) is 0 Å². The first kappa shape index (κ1) is 30.9. The van der Waals surface area contributed by atoms with E-state index in [2.05, 4.69) is 34.6 Å². The number of rotatable bonds is 3. The summed E-state index contributed by atoms with van der Waals surface area (Å²) in [5, 5.41) is 54.2. The summed E-state index contributed by atoms with van der Waals surface area (Å²) >= 11 is 0. The topological polar surface area (TPSA) is 138 Å². The smallest absolute Gasteiger partial charge is 0.186 e. The minimum absolute atomic E-state index is 0.0465. The number of aliphatic hydroxyl groups excluding tert-OH is 4. The lowest BCUT2D eigenvalue weighted by molar-refractivity contribution is -0.304. The van der Waals surface area contributed by atoms with Crippen LogP contribution >= 0.6 is 0 Å². The molecule has 0 radical (unpaired) electrons. The molecule has 3 saturated heterocycles. The molecule has 8 rings (SSSR count). The highest BCUT2D eigenvalue weighted by atomic mass is 16.8. The van der Waals surface area contributed by atoms with Crippen molar-refractivity contribution in [1.29, 1.82) is 0 Å². The van der Waals surface area contributed by atoms with Crippen LogP contribution in [0.25, 0.3) is 0 Å². The number of aliphatic hydroxyl groups is 5. The summed E-state index contributed by atoms with van der Waals surface area (Å²) in [6.45, 7) is 15.4. The van der Waals surface area contributed by atoms with E-state index in [0.29, 0.717) is 12.3 Å². The zero-order valence-corrected chi connectivity index (χ0v) is 27.7. The molecule has 5 N–H and O–H groups in total. The summed E-state index contributed by atoms with van der Waals surface area (Å²) in [6, 6.07) is 0. The molecular formula is C35H56O9. The van der Waals surface area contributed by atoms with E-state index >= 15 is 0 Å². The van der Waals surface area contributed by atoms with Crippen molar-refractivity contribution in [3.63, 3.8) is 0 Å². The molecule has 8 fully saturated rings. The number of hydrogen-bond acceptors (Lipinski definition) is 9. The van der Waals surface area contributed by atoms with Gasteiger partial charge in [0.05, 0.1) is 30.5 Å². The molecule has 44 heavy (non-hydrogen) atoms. The summed E-state index contributed by atoms with van der Waals surface area (Å²) in [7, 11) is 0. The van der Waals surface area contributed by atoms with Crippen molar-refractivity contribution in [2.75, 3.05) is 6.61 Å². The van der Waals surface area contributed by atoms with Gasteiger partial charge in [0, 0.05) is 12.3 Å². The molecule has 3 heterocycles. The van der Waals surface area contributed by atoms with E-state index in [1.54, 1.807) is 0 Å². The fourth-order valence-corrected chi connectivity index (χ4v) is 14.0. The van der Waals surface area contributed by atoms with Gasteiger partial charge >= 0.3 is 0 Å². The van der Waals surface area contributed by atoms with Crippen LogP contribution in [0.15, 0.2) is 0 Å². The van der Waals surface area contributed by atoms with Gasteiger partial charge in [0.2, 0.25) is 0 Å². The van der Waals surface area contributed by atoms with Gasteiger partial charge < -0.3 is 44.5 Å². The highest BCUT2D eigenvalue weighted by molar-refractivity contribution is 5.34. The Morgan fingerprint density at radius 3 is 2.23 bits per heavy atom. The summed E-state index contributed by atoms with van der Waals surface area (Å²) in [5.41, 5.74) is -1.28. The van der Waals surface area contributed by atoms with Crippen LogP contribution < -0.4 is 0 Å². The Bertz CT molecular complexity index is 1200. The highest BCUT2D eigenvalue weighted by Crippen LogP contribution is 2.90. The highest BCUT2D eigenvalue weighted by Gasteiger charge is 2.87. The van der Waals surface area contributed by atoms with Crippen LogP contribution in [0.1, 0.15) is 99.8 Å². The van der Waals surface area contributed by atoms with Crippen LogP contribution in [0.3, 0.4) is 0 Å². The van der Waals surface area contributed by atoms with Gasteiger partial charge in [-0.05, 0) is 104 Å². The first-order valence-corrected chi connectivity index (χ1v) is 17.4. The lowest BCUT2D eigenvalue weighted by Crippen LogP contribution is -2.63. The van der Waals surface area contributed by atoms with Crippen LogP contribution in [0, 0.1) is 50.7 Å². The van der Waals surface area contributed by atoms with Crippen molar-refractivity contribution in [2.24, 2.45) is 50.7 Å². The Balaban J connectivity index is 1.10. The summed E-state index contributed by atoms with van der Waals surface area (Å²) in [4.78, 5) is 0. The quantitative estimate of drug-likeness (QED) is 0.301. The van der Waals surface area contributed by atoms with Crippen molar-refractivity contribution >= 4 is 0 Å². The van der Waals surface area contributed by atoms with Crippen LogP contribution in [0.5, 0.6) is 0 Å². The van der Waals surface area contributed by atoms with Crippen molar-refractivity contribution in [1.82, 2.24) is 0 Å². The molecule has 9 nitrogen and oxygen atoms in total. The van der Waals surface area contributed by atoms with E-state index < -0.39 is 42.1 Å². The standard InChI is InChI=1S/C35H56O9/c1-17-12-20-27(30(4,5)40)44-35(43-20)15-32(7)26-18(36)13-21-29(2,3)22(42-28-24(39)23(38)19(37)14-41-28)8-9-33(21)16-34(26,33)11-10-31(32,6)25(17)35/h17-28,36-40H,8-16H2,1-7H3/t17-,18-,19+,20-,21-,22-,23+,24+,25-,26+,27-,28+,31-,32+,33+,34-,35-/m1/s1. The van der Waals surface area contributed by atoms with Crippen molar-refractivity contribution in [3.8, 4) is 0 Å². The molecule has 2 bridgehead atoms. The van der Waals surface area contributed by atoms with Gasteiger partial charge in [-0.2, -0.15) is 0 Å². The first-order valence-electron chi connectivity index (χ1n) is 17.4. The average molecular weight is 621 g/mol. The minimum Gasteiger partial charge on any atom is -0.393 e. The minimum atomic E-state index is -1.31. The van der Waals surface area contributed by atoms with Crippen molar-refractivity contribution in [2.45, 2.75) is 160 Å². The normalized spacial score (nSPS) is 62.2. The summed E-state index contributed by atoms with van der Waals surface area (Å²) in [6.07, 6.45) is 1.70. The monoisotopic (exact) mass is 620 g/mol.